The van der Waals surface area contributed by atoms with Crippen LogP contribution in [0.4, 0.5) is 5.95 Å². The van der Waals surface area contributed by atoms with E-state index >= 15 is 0 Å². The Labute approximate surface area is 202 Å². The topological polar surface area (TPSA) is 70.0 Å². The van der Waals surface area contributed by atoms with E-state index in [1.807, 2.05) is 24.4 Å². The van der Waals surface area contributed by atoms with Gasteiger partial charge in [0.15, 0.2) is 5.82 Å². The van der Waals surface area contributed by atoms with Crippen molar-refractivity contribution in [2.24, 2.45) is 4.99 Å². The quantitative estimate of drug-likeness (QED) is 0.567. The zero-order chi connectivity index (χ0) is 23.8. The molecule has 2 aromatic rings. The fraction of sp³-hybridized carbons (Fsp3) is 0.462. The number of benzene rings is 1. The Morgan fingerprint density at radius 3 is 2.68 bits per heavy atom. The molecule has 1 saturated heterocycles. The molecule has 0 unspecified atom stereocenters. The lowest BCUT2D eigenvalue weighted by atomic mass is 10.1. The van der Waals surface area contributed by atoms with E-state index in [2.05, 4.69) is 64.9 Å². The Morgan fingerprint density at radius 1 is 1.06 bits per heavy atom. The SMILES string of the molecule is CCN(CCN(C)Cc1nc(-c2ccccc2C)nc(N2CCOCC2)n1)C1=CCC=CC=N1. The van der Waals surface area contributed by atoms with Crippen LogP contribution >= 0.6 is 0 Å². The maximum Gasteiger partial charge on any atom is 0.229 e. The van der Waals surface area contributed by atoms with Gasteiger partial charge in [0.2, 0.25) is 5.95 Å². The van der Waals surface area contributed by atoms with Gasteiger partial charge in [0.05, 0.1) is 19.8 Å². The number of anilines is 1. The predicted octanol–water partition coefficient (Wildman–Crippen LogP) is 3.31. The van der Waals surface area contributed by atoms with Crippen LogP contribution < -0.4 is 4.90 Å². The summed E-state index contributed by atoms with van der Waals surface area (Å²) in [5.41, 5.74) is 2.21. The van der Waals surface area contributed by atoms with Gasteiger partial charge in [-0.15, -0.1) is 0 Å². The number of aryl methyl sites for hydroxylation is 1. The van der Waals surface area contributed by atoms with Crippen LogP contribution in [0.3, 0.4) is 0 Å². The van der Waals surface area contributed by atoms with Crippen LogP contribution in [0.2, 0.25) is 0 Å². The van der Waals surface area contributed by atoms with Gasteiger partial charge in [-0.25, -0.2) is 9.98 Å². The second-order valence-electron chi connectivity index (χ2n) is 8.61. The molecule has 8 heteroatoms. The van der Waals surface area contributed by atoms with Gasteiger partial charge in [0, 0.05) is 44.5 Å². The van der Waals surface area contributed by atoms with Crippen LogP contribution in [0.1, 0.15) is 24.7 Å². The van der Waals surface area contributed by atoms with Crippen molar-refractivity contribution in [3.63, 3.8) is 0 Å². The fourth-order valence-electron chi connectivity index (χ4n) is 4.07. The number of allylic oxidation sites excluding steroid dienone is 3. The molecule has 0 radical (unpaired) electrons. The van der Waals surface area contributed by atoms with Gasteiger partial charge in [0.25, 0.3) is 0 Å². The molecule has 3 heterocycles. The van der Waals surface area contributed by atoms with Crippen molar-refractivity contribution >= 4 is 12.2 Å². The van der Waals surface area contributed by atoms with E-state index in [-0.39, 0.29) is 0 Å². The van der Waals surface area contributed by atoms with E-state index in [1.54, 1.807) is 0 Å². The zero-order valence-electron chi connectivity index (χ0n) is 20.5. The molecular weight excluding hydrogens is 426 g/mol. The molecule has 2 aliphatic rings. The molecule has 0 aliphatic carbocycles. The van der Waals surface area contributed by atoms with Crippen LogP contribution in [-0.4, -0.2) is 84.0 Å². The lowest BCUT2D eigenvalue weighted by Gasteiger charge is -2.28. The first-order valence-electron chi connectivity index (χ1n) is 12.1. The summed E-state index contributed by atoms with van der Waals surface area (Å²) in [4.78, 5) is 25.9. The molecule has 0 amide bonds. The lowest BCUT2D eigenvalue weighted by molar-refractivity contribution is 0.122. The van der Waals surface area contributed by atoms with E-state index in [4.69, 9.17) is 19.7 Å². The lowest BCUT2D eigenvalue weighted by Crippen LogP contribution is -2.38. The standard InChI is InChI=1S/C26H35N7O/c1-4-32(24-12-6-5-9-13-27-24)15-14-31(3)20-23-28-25(22-11-8-7-10-21(22)2)30-26(29-23)33-16-18-34-19-17-33/h5,7-13H,4,6,14-20H2,1-3H3. The van der Waals surface area contributed by atoms with Crippen LogP contribution in [0.15, 0.2) is 53.3 Å². The molecule has 180 valence electrons. The van der Waals surface area contributed by atoms with Crippen molar-refractivity contribution in [1.82, 2.24) is 24.8 Å². The Balaban J connectivity index is 1.50. The second-order valence-corrected chi connectivity index (χ2v) is 8.61. The summed E-state index contributed by atoms with van der Waals surface area (Å²) in [6.07, 6.45) is 9.09. The summed E-state index contributed by atoms with van der Waals surface area (Å²) < 4.78 is 5.53. The largest absolute Gasteiger partial charge is 0.378 e. The van der Waals surface area contributed by atoms with E-state index in [1.165, 1.54) is 0 Å². The van der Waals surface area contributed by atoms with Crippen molar-refractivity contribution < 1.29 is 4.74 Å². The second kappa shape index (κ2) is 11.9. The van der Waals surface area contributed by atoms with Crippen LogP contribution in [-0.2, 0) is 11.3 Å². The number of nitrogens with zero attached hydrogens (tertiary/aromatic N) is 7. The average Bonchev–Trinajstić information content (AvgIpc) is 3.15. The fourth-order valence-corrected chi connectivity index (χ4v) is 4.07. The highest BCUT2D eigenvalue weighted by atomic mass is 16.5. The molecule has 0 N–H and O–H groups in total. The molecule has 4 rings (SSSR count). The molecular formula is C26H35N7O. The summed E-state index contributed by atoms with van der Waals surface area (Å²) in [5.74, 6) is 3.30. The molecule has 2 aliphatic heterocycles. The Morgan fingerprint density at radius 2 is 1.88 bits per heavy atom. The van der Waals surface area contributed by atoms with Gasteiger partial charge >= 0.3 is 0 Å². The number of ether oxygens (including phenoxy) is 1. The van der Waals surface area contributed by atoms with E-state index in [0.717, 1.165) is 73.7 Å². The minimum atomic E-state index is 0.653. The van der Waals surface area contributed by atoms with Crippen molar-refractivity contribution in [2.75, 3.05) is 57.9 Å². The summed E-state index contributed by atoms with van der Waals surface area (Å²) in [7, 11) is 2.12. The van der Waals surface area contributed by atoms with E-state index in [0.29, 0.717) is 19.8 Å². The van der Waals surface area contributed by atoms with Crippen LogP contribution in [0, 0.1) is 6.92 Å². The van der Waals surface area contributed by atoms with Gasteiger partial charge in [-0.05, 0) is 45.0 Å². The minimum Gasteiger partial charge on any atom is -0.378 e. The third-order valence-electron chi connectivity index (χ3n) is 6.08. The molecule has 0 saturated carbocycles. The Kier molecular flexibility index (Phi) is 8.38. The van der Waals surface area contributed by atoms with E-state index in [9.17, 15) is 0 Å². The molecule has 1 aromatic carbocycles. The smallest absolute Gasteiger partial charge is 0.229 e. The van der Waals surface area contributed by atoms with E-state index < -0.39 is 0 Å². The summed E-state index contributed by atoms with van der Waals surface area (Å²) >= 11 is 0. The normalized spacial score (nSPS) is 16.0. The molecule has 0 spiro atoms. The Hall–Kier alpha value is -3.10. The Bertz CT molecular complexity index is 1040. The van der Waals surface area contributed by atoms with Gasteiger partial charge in [-0.3, -0.25) is 4.90 Å². The monoisotopic (exact) mass is 461 g/mol. The molecule has 8 nitrogen and oxygen atoms in total. The van der Waals surface area contributed by atoms with Gasteiger partial charge in [0.1, 0.15) is 11.6 Å². The van der Waals surface area contributed by atoms with Crippen molar-refractivity contribution in [2.45, 2.75) is 26.8 Å². The third kappa shape index (κ3) is 6.27. The number of aliphatic imine (C=N–C) groups is 1. The van der Waals surface area contributed by atoms with Crippen LogP contribution in [0.25, 0.3) is 11.4 Å². The van der Waals surface area contributed by atoms with Crippen molar-refractivity contribution in [1.29, 1.82) is 0 Å². The average molecular weight is 462 g/mol. The molecule has 34 heavy (non-hydrogen) atoms. The number of aromatic nitrogens is 3. The molecule has 1 fully saturated rings. The first-order chi connectivity index (χ1) is 16.6. The first-order valence-corrected chi connectivity index (χ1v) is 12.1. The predicted molar refractivity (Wildman–Crippen MR) is 137 cm³/mol. The zero-order valence-corrected chi connectivity index (χ0v) is 20.5. The molecule has 0 atom stereocenters. The highest BCUT2D eigenvalue weighted by Crippen LogP contribution is 2.22. The summed E-state index contributed by atoms with van der Waals surface area (Å²) in [6, 6.07) is 8.25. The molecule has 0 bridgehead atoms. The number of hydrogen-bond donors (Lipinski definition) is 0. The van der Waals surface area contributed by atoms with Gasteiger partial charge < -0.3 is 14.5 Å². The first kappa shape index (κ1) is 24.0. The summed E-state index contributed by atoms with van der Waals surface area (Å²) in [6.45, 7) is 10.6. The third-order valence-corrected chi connectivity index (χ3v) is 6.08. The number of likely N-dealkylation sites (N-methyl/N-ethyl adjacent to an activating group) is 2. The van der Waals surface area contributed by atoms with Crippen LogP contribution in [0.5, 0.6) is 0 Å². The summed E-state index contributed by atoms with van der Waals surface area (Å²) in [5, 5.41) is 0. The maximum absolute atomic E-state index is 5.53. The maximum atomic E-state index is 5.53. The highest BCUT2D eigenvalue weighted by Gasteiger charge is 2.19. The number of hydrogen-bond acceptors (Lipinski definition) is 8. The number of rotatable bonds is 9. The van der Waals surface area contributed by atoms with Gasteiger partial charge in [-0.2, -0.15) is 9.97 Å². The van der Waals surface area contributed by atoms with Crippen molar-refractivity contribution in [3.05, 3.63) is 59.7 Å². The highest BCUT2D eigenvalue weighted by molar-refractivity contribution is 5.72. The van der Waals surface area contributed by atoms with Crippen molar-refractivity contribution in [3.8, 4) is 11.4 Å². The number of morpholine rings is 1. The minimum absolute atomic E-state index is 0.653. The van der Waals surface area contributed by atoms with Gasteiger partial charge in [-0.1, -0.05) is 30.3 Å². The molecule has 1 aromatic heterocycles.